The molecule has 0 spiro atoms. The van der Waals surface area contributed by atoms with Crippen molar-refractivity contribution in [2.75, 3.05) is 10.8 Å². The Morgan fingerprint density at radius 2 is 1.84 bits per heavy atom. The quantitative estimate of drug-likeness (QED) is 0.541. The second kappa shape index (κ2) is 8.83. The molecular weight excluding hydrogens is 469 g/mol. The van der Waals surface area contributed by atoms with E-state index in [-0.39, 0.29) is 45.3 Å². The van der Waals surface area contributed by atoms with Crippen molar-refractivity contribution in [3.8, 4) is 0 Å². The lowest BCUT2D eigenvalue weighted by atomic mass is 10.0. The number of nitrogens with two attached hydrogens (primary N) is 1. The molecule has 1 aliphatic heterocycles. The van der Waals surface area contributed by atoms with Gasteiger partial charge in [0.2, 0.25) is 0 Å². The fourth-order valence-corrected chi connectivity index (χ4v) is 6.04. The van der Waals surface area contributed by atoms with Gasteiger partial charge in [0.15, 0.2) is 5.78 Å². The highest BCUT2D eigenvalue weighted by molar-refractivity contribution is 7.92. The number of aryl methyl sites for hydroxylation is 1. The number of ketones is 1. The average molecular weight is 490 g/mol. The zero-order valence-electron chi connectivity index (χ0n) is 17.3. The van der Waals surface area contributed by atoms with Gasteiger partial charge in [-0.1, -0.05) is 41.4 Å². The first-order chi connectivity index (χ1) is 15.2. The van der Waals surface area contributed by atoms with Gasteiger partial charge in [0, 0.05) is 31.6 Å². The number of nitrogens with zero attached hydrogens (tertiary/aromatic N) is 2. The molecule has 3 aromatic rings. The third-order valence-electron chi connectivity index (χ3n) is 5.31. The number of anilines is 1. The van der Waals surface area contributed by atoms with Gasteiger partial charge in [-0.05, 0) is 48.4 Å². The number of sulfonamides is 1. The number of halogens is 2. The van der Waals surface area contributed by atoms with Crippen LogP contribution in [0.4, 0.5) is 5.69 Å². The molecule has 32 heavy (non-hydrogen) atoms. The molecule has 0 amide bonds. The summed E-state index contributed by atoms with van der Waals surface area (Å²) in [5.41, 5.74) is 8.78. The number of hydrogen-bond acceptors (Lipinski definition) is 5. The first-order valence-corrected chi connectivity index (χ1v) is 12.2. The van der Waals surface area contributed by atoms with Crippen molar-refractivity contribution in [1.29, 1.82) is 0 Å². The number of Topliss-reactive ketones (excluding diaryl/α,β-unsaturated/α-hetero) is 1. The van der Waals surface area contributed by atoms with Crippen molar-refractivity contribution in [2.24, 2.45) is 5.73 Å². The van der Waals surface area contributed by atoms with E-state index in [1.165, 1.54) is 4.31 Å². The molecule has 1 atom stereocenters. The minimum absolute atomic E-state index is 0.0197. The summed E-state index contributed by atoms with van der Waals surface area (Å²) >= 11 is 12.3. The Balaban J connectivity index is 1.72. The summed E-state index contributed by atoms with van der Waals surface area (Å²) in [4.78, 5) is 17.5. The molecule has 0 aliphatic carbocycles. The molecule has 0 unspecified atom stereocenters. The third-order valence-corrected chi connectivity index (χ3v) is 7.72. The van der Waals surface area contributed by atoms with Gasteiger partial charge in [-0.3, -0.25) is 14.1 Å². The maximum Gasteiger partial charge on any atom is 0.264 e. The van der Waals surface area contributed by atoms with E-state index in [4.69, 9.17) is 28.9 Å². The van der Waals surface area contributed by atoms with Gasteiger partial charge in [-0.25, -0.2) is 8.42 Å². The van der Waals surface area contributed by atoms with E-state index in [0.29, 0.717) is 23.4 Å². The largest absolute Gasteiger partial charge is 0.326 e. The molecule has 0 saturated heterocycles. The molecule has 2 aromatic carbocycles. The lowest BCUT2D eigenvalue weighted by Gasteiger charge is -2.33. The van der Waals surface area contributed by atoms with Crippen LogP contribution in [-0.4, -0.2) is 31.8 Å². The maximum atomic E-state index is 13.4. The Morgan fingerprint density at radius 3 is 2.53 bits per heavy atom. The lowest BCUT2D eigenvalue weighted by Crippen LogP contribution is -2.46. The normalized spacial score (nSPS) is 16.0. The minimum atomic E-state index is -3.86. The van der Waals surface area contributed by atoms with Gasteiger partial charge in [0.25, 0.3) is 10.0 Å². The molecule has 1 aromatic heterocycles. The van der Waals surface area contributed by atoms with Gasteiger partial charge in [-0.2, -0.15) is 0 Å². The van der Waals surface area contributed by atoms with E-state index in [0.717, 1.165) is 5.56 Å². The second-order valence-corrected chi connectivity index (χ2v) is 10.5. The van der Waals surface area contributed by atoms with Crippen molar-refractivity contribution < 1.29 is 13.2 Å². The highest BCUT2D eigenvalue weighted by Gasteiger charge is 2.33. The first-order valence-electron chi connectivity index (χ1n) is 9.97. The smallest absolute Gasteiger partial charge is 0.264 e. The number of hydrogen-bond donors (Lipinski definition) is 1. The average Bonchev–Trinajstić information content (AvgIpc) is 2.73. The van der Waals surface area contributed by atoms with Crippen LogP contribution in [0.3, 0.4) is 0 Å². The number of fused-ring (bicyclic) bond motifs is 1. The van der Waals surface area contributed by atoms with E-state index in [2.05, 4.69) is 4.98 Å². The summed E-state index contributed by atoms with van der Waals surface area (Å²) in [6, 6.07) is 12.9. The fourth-order valence-electron chi connectivity index (χ4n) is 3.79. The topological polar surface area (TPSA) is 93.4 Å². The van der Waals surface area contributed by atoms with E-state index in [1.54, 1.807) is 48.7 Å². The van der Waals surface area contributed by atoms with Gasteiger partial charge in [0.1, 0.15) is 0 Å². The Kier molecular flexibility index (Phi) is 6.27. The molecule has 0 bridgehead atoms. The van der Waals surface area contributed by atoms with Crippen LogP contribution >= 0.6 is 23.2 Å². The Morgan fingerprint density at radius 1 is 1.16 bits per heavy atom. The summed E-state index contributed by atoms with van der Waals surface area (Å²) in [6.07, 6.45) is 1.99. The second-order valence-electron chi connectivity index (χ2n) is 7.82. The Labute approximate surface area is 197 Å². The number of carbonyl (C=O) groups excluding carboxylic acids is 1. The van der Waals surface area contributed by atoms with Crippen molar-refractivity contribution in [1.82, 2.24) is 4.98 Å². The Hall–Kier alpha value is -2.45. The molecule has 9 heteroatoms. The highest BCUT2D eigenvalue weighted by atomic mass is 35.5. The molecule has 166 valence electrons. The zero-order chi connectivity index (χ0) is 23.0. The predicted octanol–water partition coefficient (Wildman–Crippen LogP) is 4.20. The highest BCUT2D eigenvalue weighted by Crippen LogP contribution is 2.32. The molecule has 2 heterocycles. The predicted molar refractivity (Wildman–Crippen MR) is 126 cm³/mol. The molecule has 0 saturated carbocycles. The number of benzene rings is 2. The molecular formula is C23H21Cl2N3O3S. The zero-order valence-corrected chi connectivity index (χ0v) is 19.6. The van der Waals surface area contributed by atoms with Crippen molar-refractivity contribution in [3.63, 3.8) is 0 Å². The van der Waals surface area contributed by atoms with E-state index >= 15 is 0 Å². The standard InChI is InChI=1S/C23H21Cl2N3O3S/c1-14-4-2-5-17(8-14)32(30,31)28-13-16(26)11-20-21(28)9-15(12-27-20)10-22(29)23-18(24)6-3-7-19(23)25/h2-9,12,16H,10-11,13,26H2,1H3/t16-/m0/s1. The van der Waals surface area contributed by atoms with Crippen molar-refractivity contribution in [3.05, 3.63) is 87.2 Å². The molecule has 1 aliphatic rings. The van der Waals surface area contributed by atoms with Gasteiger partial charge >= 0.3 is 0 Å². The van der Waals surface area contributed by atoms with Gasteiger partial charge in [0.05, 0.1) is 31.9 Å². The number of carbonyl (C=O) groups is 1. The molecule has 6 nitrogen and oxygen atoms in total. The molecule has 0 radical (unpaired) electrons. The SMILES string of the molecule is Cc1cccc(S(=O)(=O)N2C[C@@H](N)Cc3ncc(CC(=O)c4c(Cl)cccc4Cl)cc32)c1. The first kappa shape index (κ1) is 22.7. The van der Waals surface area contributed by atoms with Crippen LogP contribution in [0, 0.1) is 6.92 Å². The van der Waals surface area contributed by atoms with Crippen LogP contribution in [0.2, 0.25) is 10.0 Å². The van der Waals surface area contributed by atoms with Crippen LogP contribution in [0.15, 0.2) is 59.6 Å². The number of aromatic nitrogens is 1. The number of rotatable bonds is 5. The van der Waals surface area contributed by atoms with Crippen molar-refractivity contribution >= 4 is 44.7 Å². The van der Waals surface area contributed by atoms with E-state index in [1.807, 2.05) is 13.0 Å². The molecule has 0 fully saturated rings. The van der Waals surface area contributed by atoms with E-state index in [9.17, 15) is 13.2 Å². The fraction of sp³-hybridized carbons (Fsp3) is 0.217. The van der Waals surface area contributed by atoms with Crippen molar-refractivity contribution in [2.45, 2.75) is 30.7 Å². The van der Waals surface area contributed by atoms with E-state index < -0.39 is 10.0 Å². The summed E-state index contributed by atoms with van der Waals surface area (Å²) < 4.78 is 28.2. The Bertz CT molecular complexity index is 1290. The summed E-state index contributed by atoms with van der Waals surface area (Å²) in [5, 5.41) is 0.533. The lowest BCUT2D eigenvalue weighted by molar-refractivity contribution is 0.0993. The van der Waals surface area contributed by atoms with Crippen LogP contribution in [0.25, 0.3) is 0 Å². The number of pyridine rings is 1. The maximum absolute atomic E-state index is 13.4. The summed E-state index contributed by atoms with van der Waals surface area (Å²) in [7, 11) is -3.86. The van der Waals surface area contributed by atoms with Crippen LogP contribution in [0.5, 0.6) is 0 Å². The monoisotopic (exact) mass is 489 g/mol. The minimum Gasteiger partial charge on any atom is -0.326 e. The molecule has 2 N–H and O–H groups in total. The summed E-state index contributed by atoms with van der Waals surface area (Å²) in [6.45, 7) is 1.96. The van der Waals surface area contributed by atoms with Gasteiger partial charge < -0.3 is 5.73 Å². The van der Waals surface area contributed by atoms with Crippen LogP contribution < -0.4 is 10.0 Å². The third kappa shape index (κ3) is 4.38. The molecule has 4 rings (SSSR count). The summed E-state index contributed by atoms with van der Waals surface area (Å²) in [5.74, 6) is -0.275. The van der Waals surface area contributed by atoms with Crippen LogP contribution in [0.1, 0.15) is 27.2 Å². The van der Waals surface area contributed by atoms with Gasteiger partial charge in [-0.15, -0.1) is 0 Å². The van der Waals surface area contributed by atoms with Crippen LogP contribution in [-0.2, 0) is 22.9 Å².